The molecular weight excluding hydrogens is 270 g/mol. The van der Waals surface area contributed by atoms with Crippen molar-refractivity contribution >= 4 is 17.2 Å². The third-order valence-electron chi connectivity index (χ3n) is 3.93. The predicted octanol–water partition coefficient (Wildman–Crippen LogP) is 2.96. The van der Waals surface area contributed by atoms with E-state index in [4.69, 9.17) is 0 Å². The van der Waals surface area contributed by atoms with Crippen LogP contribution in [-0.2, 0) is 0 Å². The minimum absolute atomic E-state index is 0.168. The Morgan fingerprint density at radius 2 is 2.15 bits per heavy atom. The summed E-state index contributed by atoms with van der Waals surface area (Å²) in [6.45, 7) is 7.75. The molecule has 0 radical (unpaired) electrons. The molecule has 0 aliphatic carbocycles. The first-order valence-electron chi connectivity index (χ1n) is 6.92. The van der Waals surface area contributed by atoms with Crippen LogP contribution >= 0.6 is 11.3 Å². The van der Waals surface area contributed by atoms with E-state index < -0.39 is 0 Å². The average Bonchev–Trinajstić information content (AvgIpc) is 3.10. The van der Waals surface area contributed by atoms with Crippen molar-refractivity contribution in [3.8, 4) is 0 Å². The molecule has 1 aliphatic heterocycles. The summed E-state index contributed by atoms with van der Waals surface area (Å²) < 4.78 is 2.26. The standard InChI is InChI=1S/C15H19N3OS/c1-10-8-16-12(3)18(10)13-6-7-17(9-13)15(19)14-5-4-11(2)20-14/h4-5,8,13H,6-7,9H2,1-3H3. The summed E-state index contributed by atoms with van der Waals surface area (Å²) in [6.07, 6.45) is 2.91. The molecule has 0 bridgehead atoms. The lowest BCUT2D eigenvalue weighted by atomic mass is 10.2. The fraction of sp³-hybridized carbons (Fsp3) is 0.467. The van der Waals surface area contributed by atoms with Crippen molar-refractivity contribution in [2.45, 2.75) is 33.2 Å². The summed E-state index contributed by atoms with van der Waals surface area (Å²) in [7, 11) is 0. The number of likely N-dealkylation sites (tertiary alicyclic amines) is 1. The van der Waals surface area contributed by atoms with E-state index in [1.54, 1.807) is 11.3 Å². The Kier molecular flexibility index (Phi) is 3.38. The van der Waals surface area contributed by atoms with Gasteiger partial charge in [0.05, 0.1) is 10.9 Å². The molecule has 4 nitrogen and oxygen atoms in total. The van der Waals surface area contributed by atoms with Gasteiger partial charge in [0.1, 0.15) is 5.82 Å². The Hall–Kier alpha value is -1.62. The Balaban J connectivity index is 1.75. The molecule has 1 saturated heterocycles. The van der Waals surface area contributed by atoms with Crippen LogP contribution in [0.3, 0.4) is 0 Å². The zero-order chi connectivity index (χ0) is 14.3. The molecule has 2 aromatic heterocycles. The highest BCUT2D eigenvalue weighted by Crippen LogP contribution is 2.27. The van der Waals surface area contributed by atoms with Crippen LogP contribution in [0.15, 0.2) is 18.3 Å². The van der Waals surface area contributed by atoms with Crippen LogP contribution in [0.2, 0.25) is 0 Å². The van der Waals surface area contributed by atoms with Gasteiger partial charge in [-0.1, -0.05) is 0 Å². The number of hydrogen-bond acceptors (Lipinski definition) is 3. The lowest BCUT2D eigenvalue weighted by molar-refractivity contribution is 0.0792. The molecule has 1 amide bonds. The largest absolute Gasteiger partial charge is 0.336 e. The summed E-state index contributed by atoms with van der Waals surface area (Å²) in [5.74, 6) is 1.20. The Morgan fingerprint density at radius 1 is 1.35 bits per heavy atom. The van der Waals surface area contributed by atoms with Crippen LogP contribution in [0.1, 0.15) is 38.5 Å². The van der Waals surface area contributed by atoms with Crippen molar-refractivity contribution in [3.05, 3.63) is 39.6 Å². The van der Waals surface area contributed by atoms with Gasteiger partial charge in [0.2, 0.25) is 0 Å². The van der Waals surface area contributed by atoms with Gasteiger partial charge in [0, 0.05) is 29.9 Å². The number of carbonyl (C=O) groups is 1. The third-order valence-corrected chi connectivity index (χ3v) is 4.92. The van der Waals surface area contributed by atoms with Gasteiger partial charge < -0.3 is 9.47 Å². The van der Waals surface area contributed by atoms with E-state index in [9.17, 15) is 4.79 Å². The predicted molar refractivity (Wildman–Crippen MR) is 80.3 cm³/mol. The van der Waals surface area contributed by atoms with Gasteiger partial charge in [-0.15, -0.1) is 11.3 Å². The number of aromatic nitrogens is 2. The number of carbonyl (C=O) groups excluding carboxylic acids is 1. The first-order chi connectivity index (χ1) is 9.56. The molecule has 2 aromatic rings. The lowest BCUT2D eigenvalue weighted by Crippen LogP contribution is -2.28. The fourth-order valence-electron chi connectivity index (χ4n) is 2.96. The van der Waals surface area contributed by atoms with E-state index in [1.165, 1.54) is 10.6 Å². The zero-order valence-electron chi connectivity index (χ0n) is 12.1. The van der Waals surface area contributed by atoms with Crippen LogP contribution in [0, 0.1) is 20.8 Å². The van der Waals surface area contributed by atoms with Crippen LogP contribution in [0.4, 0.5) is 0 Å². The third kappa shape index (κ3) is 2.26. The minimum Gasteiger partial charge on any atom is -0.336 e. The normalized spacial score (nSPS) is 18.8. The number of rotatable bonds is 2. The van der Waals surface area contributed by atoms with Gasteiger partial charge in [0.15, 0.2) is 0 Å². The zero-order valence-corrected chi connectivity index (χ0v) is 12.9. The maximum atomic E-state index is 12.5. The van der Waals surface area contributed by atoms with Crippen LogP contribution < -0.4 is 0 Å². The first-order valence-corrected chi connectivity index (χ1v) is 7.74. The number of hydrogen-bond donors (Lipinski definition) is 0. The molecular formula is C15H19N3OS. The highest BCUT2D eigenvalue weighted by molar-refractivity contribution is 7.13. The van der Waals surface area contributed by atoms with Crippen molar-refractivity contribution < 1.29 is 4.79 Å². The molecule has 0 spiro atoms. The maximum absolute atomic E-state index is 12.5. The Morgan fingerprint density at radius 3 is 2.75 bits per heavy atom. The first kappa shape index (κ1) is 13.4. The maximum Gasteiger partial charge on any atom is 0.263 e. The summed E-state index contributed by atoms with van der Waals surface area (Å²) in [5, 5.41) is 0. The van der Waals surface area contributed by atoms with E-state index in [1.807, 2.05) is 37.1 Å². The summed E-state index contributed by atoms with van der Waals surface area (Å²) in [5.41, 5.74) is 1.17. The molecule has 106 valence electrons. The van der Waals surface area contributed by atoms with Crippen LogP contribution in [0.25, 0.3) is 0 Å². The van der Waals surface area contributed by atoms with E-state index >= 15 is 0 Å². The second-order valence-electron chi connectivity index (χ2n) is 5.42. The topological polar surface area (TPSA) is 38.1 Å². The molecule has 5 heteroatoms. The monoisotopic (exact) mass is 289 g/mol. The van der Waals surface area contributed by atoms with Crippen molar-refractivity contribution in [2.24, 2.45) is 0 Å². The highest BCUT2D eigenvalue weighted by Gasteiger charge is 2.29. The second kappa shape index (κ2) is 5.05. The van der Waals surface area contributed by atoms with Crippen LogP contribution in [0.5, 0.6) is 0 Å². The van der Waals surface area contributed by atoms with Gasteiger partial charge in [-0.25, -0.2) is 4.98 Å². The second-order valence-corrected chi connectivity index (χ2v) is 6.71. The molecule has 0 saturated carbocycles. The molecule has 0 N–H and O–H groups in total. The number of nitrogens with zero attached hydrogens (tertiary/aromatic N) is 3. The van der Waals surface area contributed by atoms with E-state index in [0.29, 0.717) is 6.04 Å². The van der Waals surface area contributed by atoms with E-state index in [-0.39, 0.29) is 5.91 Å². The number of aryl methyl sites for hydroxylation is 3. The van der Waals surface area contributed by atoms with Gasteiger partial charge in [-0.05, 0) is 39.3 Å². The molecule has 1 fully saturated rings. The van der Waals surface area contributed by atoms with Crippen molar-refractivity contribution in [1.29, 1.82) is 0 Å². The summed E-state index contributed by atoms with van der Waals surface area (Å²) in [6, 6.07) is 4.31. The fourth-order valence-corrected chi connectivity index (χ4v) is 3.80. The Bertz CT molecular complexity index is 624. The number of imidazole rings is 1. The number of amides is 1. The van der Waals surface area contributed by atoms with Crippen molar-refractivity contribution in [2.75, 3.05) is 13.1 Å². The summed E-state index contributed by atoms with van der Waals surface area (Å²) >= 11 is 1.58. The van der Waals surface area contributed by atoms with Gasteiger partial charge in [-0.2, -0.15) is 0 Å². The lowest BCUT2D eigenvalue weighted by Gasteiger charge is -2.18. The summed E-state index contributed by atoms with van der Waals surface area (Å²) in [4.78, 5) is 20.8. The van der Waals surface area contributed by atoms with Crippen molar-refractivity contribution in [1.82, 2.24) is 14.5 Å². The molecule has 20 heavy (non-hydrogen) atoms. The molecule has 1 atom stereocenters. The van der Waals surface area contributed by atoms with E-state index in [2.05, 4.69) is 16.5 Å². The average molecular weight is 289 g/mol. The SMILES string of the molecule is Cc1ccc(C(=O)N2CCC(n3c(C)cnc3C)C2)s1. The van der Waals surface area contributed by atoms with E-state index in [0.717, 1.165) is 30.2 Å². The minimum atomic E-state index is 0.168. The molecule has 3 heterocycles. The molecule has 1 unspecified atom stereocenters. The van der Waals surface area contributed by atoms with Gasteiger partial charge >= 0.3 is 0 Å². The molecule has 0 aromatic carbocycles. The Labute approximate surface area is 123 Å². The van der Waals surface area contributed by atoms with Crippen LogP contribution in [-0.4, -0.2) is 33.4 Å². The smallest absolute Gasteiger partial charge is 0.263 e. The quantitative estimate of drug-likeness (QED) is 0.852. The van der Waals surface area contributed by atoms with Crippen molar-refractivity contribution in [3.63, 3.8) is 0 Å². The molecule has 3 rings (SSSR count). The highest BCUT2D eigenvalue weighted by atomic mass is 32.1. The number of thiophene rings is 1. The molecule has 1 aliphatic rings. The van der Waals surface area contributed by atoms with Gasteiger partial charge in [0.25, 0.3) is 5.91 Å². The van der Waals surface area contributed by atoms with Gasteiger partial charge in [-0.3, -0.25) is 4.79 Å².